The molecule has 2 aromatic rings. The molecule has 0 bridgehead atoms. The molecule has 0 spiro atoms. The summed E-state index contributed by atoms with van der Waals surface area (Å²) in [5, 5.41) is 0. The topological polar surface area (TPSA) is 0 Å². The molecule has 0 fully saturated rings. The summed E-state index contributed by atoms with van der Waals surface area (Å²) < 4.78 is 2.69. The van der Waals surface area contributed by atoms with Crippen LogP contribution in [0.3, 0.4) is 0 Å². The smallest absolute Gasteiger partial charge is 0.0248 e. The molecule has 2 aromatic carbocycles. The predicted octanol–water partition coefficient (Wildman–Crippen LogP) is 6.07. The molecule has 0 atom stereocenters. The van der Waals surface area contributed by atoms with Crippen LogP contribution in [0, 0.1) is 20.0 Å². The van der Waals surface area contributed by atoms with Crippen molar-refractivity contribution in [2.45, 2.75) is 27.2 Å². The van der Waals surface area contributed by atoms with Crippen LogP contribution in [0.2, 0.25) is 0 Å². The van der Waals surface area contributed by atoms with Gasteiger partial charge in [-0.3, -0.25) is 0 Å². The Labute approximate surface area is 143 Å². The second-order valence-electron chi connectivity index (χ2n) is 5.35. The molecule has 2 heteroatoms. The van der Waals surface area contributed by atoms with Crippen LogP contribution in [0.4, 0.5) is 0 Å². The highest BCUT2D eigenvalue weighted by Gasteiger charge is 2.10. The van der Waals surface area contributed by atoms with Crippen LogP contribution in [-0.4, -0.2) is 0 Å². The maximum absolute atomic E-state index is 2.46. The summed E-state index contributed by atoms with van der Waals surface area (Å²) in [5.41, 5.74) is 5.47. The fourth-order valence-corrected chi connectivity index (χ4v) is 4.26. The number of aryl methyl sites for hydroxylation is 1. The quantitative estimate of drug-likeness (QED) is 0.472. The van der Waals surface area contributed by atoms with Crippen molar-refractivity contribution in [1.82, 2.24) is 0 Å². The van der Waals surface area contributed by atoms with Gasteiger partial charge in [0.25, 0.3) is 0 Å². The third-order valence-corrected chi connectivity index (χ3v) is 5.46. The minimum absolute atomic E-state index is 0.713. The number of hydrogen-bond donors (Lipinski definition) is 0. The van der Waals surface area contributed by atoms with E-state index in [0.29, 0.717) is 5.92 Å². The first-order valence-corrected chi connectivity index (χ1v) is 8.68. The van der Waals surface area contributed by atoms with Crippen molar-refractivity contribution >= 4 is 45.2 Å². The van der Waals surface area contributed by atoms with E-state index < -0.39 is 0 Å². The zero-order chi connectivity index (χ0) is 14.0. The molecule has 0 aliphatic carbocycles. The summed E-state index contributed by atoms with van der Waals surface area (Å²) >= 11 is 4.89. The first kappa shape index (κ1) is 15.3. The summed E-state index contributed by atoms with van der Waals surface area (Å²) in [7, 11) is 0. The van der Waals surface area contributed by atoms with Crippen molar-refractivity contribution in [3.8, 4) is 11.1 Å². The lowest BCUT2D eigenvalue weighted by Gasteiger charge is -2.11. The molecule has 2 rings (SSSR count). The molecule has 0 aromatic heterocycles. The van der Waals surface area contributed by atoms with Crippen molar-refractivity contribution in [3.05, 3.63) is 54.7 Å². The van der Waals surface area contributed by atoms with Gasteiger partial charge >= 0.3 is 0 Å². The van der Waals surface area contributed by atoms with E-state index in [9.17, 15) is 0 Å². The molecule has 100 valence electrons. The lowest BCUT2D eigenvalue weighted by molar-refractivity contribution is 0.647. The van der Waals surface area contributed by atoms with Crippen LogP contribution in [0.1, 0.15) is 25.0 Å². The second-order valence-corrected chi connectivity index (χ2v) is 7.59. The van der Waals surface area contributed by atoms with Crippen molar-refractivity contribution in [3.63, 3.8) is 0 Å². The van der Waals surface area contributed by atoms with E-state index in [2.05, 4.69) is 102 Å². The normalized spacial score (nSPS) is 11.1. The van der Waals surface area contributed by atoms with E-state index in [-0.39, 0.29) is 0 Å². The molecule has 0 N–H and O–H groups in total. The Hall–Kier alpha value is -0.100. The highest BCUT2D eigenvalue weighted by Crippen LogP contribution is 2.32. The summed E-state index contributed by atoms with van der Waals surface area (Å²) in [6.07, 6.45) is 1.16. The minimum atomic E-state index is 0.713. The predicted molar refractivity (Wildman–Crippen MR) is 101 cm³/mol. The molecule has 0 aliphatic heterocycles. The minimum Gasteiger partial charge on any atom is -0.0625 e. The van der Waals surface area contributed by atoms with E-state index >= 15 is 0 Å². The van der Waals surface area contributed by atoms with E-state index in [1.165, 1.54) is 29.4 Å². The standard InChI is InChI=1S/C17H18I2/c1-11(2)10-13-5-7-14(8-6-13)16-15(18)9-4-12(3)17(16)19/h4-9,11H,10H2,1-3H3. The van der Waals surface area contributed by atoms with Gasteiger partial charge in [-0.2, -0.15) is 0 Å². The van der Waals surface area contributed by atoms with Gasteiger partial charge in [0.1, 0.15) is 0 Å². The molecule has 0 saturated heterocycles. The summed E-state index contributed by atoms with van der Waals surface area (Å²) in [6, 6.07) is 13.5. The highest BCUT2D eigenvalue weighted by atomic mass is 127. The van der Waals surface area contributed by atoms with Crippen LogP contribution < -0.4 is 0 Å². The fourth-order valence-electron chi connectivity index (χ4n) is 2.20. The molecule has 0 nitrogen and oxygen atoms in total. The molecule has 0 aliphatic rings. The zero-order valence-corrected chi connectivity index (χ0v) is 15.8. The molecular weight excluding hydrogens is 458 g/mol. The Bertz CT molecular complexity index is 569. The first-order chi connectivity index (χ1) is 8.99. The average molecular weight is 476 g/mol. The maximum Gasteiger partial charge on any atom is 0.0248 e. The Morgan fingerprint density at radius 3 is 2.16 bits per heavy atom. The maximum atomic E-state index is 2.46. The monoisotopic (exact) mass is 476 g/mol. The van der Waals surface area contributed by atoms with Gasteiger partial charge in [-0.15, -0.1) is 0 Å². The van der Waals surface area contributed by atoms with Gasteiger partial charge in [-0.05, 0) is 87.2 Å². The van der Waals surface area contributed by atoms with Crippen molar-refractivity contribution < 1.29 is 0 Å². The molecule has 0 saturated carbocycles. The van der Waals surface area contributed by atoms with E-state index in [4.69, 9.17) is 0 Å². The van der Waals surface area contributed by atoms with Gasteiger partial charge in [0.2, 0.25) is 0 Å². The van der Waals surface area contributed by atoms with Crippen LogP contribution in [0.15, 0.2) is 36.4 Å². The van der Waals surface area contributed by atoms with Gasteiger partial charge in [0, 0.05) is 12.7 Å². The Morgan fingerprint density at radius 1 is 0.947 bits per heavy atom. The molecule has 0 radical (unpaired) electrons. The van der Waals surface area contributed by atoms with Gasteiger partial charge in [-0.1, -0.05) is 44.2 Å². The molecule has 0 unspecified atom stereocenters. The Balaban J connectivity index is 2.40. The highest BCUT2D eigenvalue weighted by molar-refractivity contribution is 14.1. The number of benzene rings is 2. The lowest BCUT2D eigenvalue weighted by Crippen LogP contribution is -1.95. The number of rotatable bonds is 3. The van der Waals surface area contributed by atoms with Crippen molar-refractivity contribution in [2.75, 3.05) is 0 Å². The van der Waals surface area contributed by atoms with Crippen LogP contribution in [0.5, 0.6) is 0 Å². The third kappa shape index (κ3) is 3.72. The average Bonchev–Trinajstić information content (AvgIpc) is 2.36. The van der Waals surface area contributed by atoms with Crippen LogP contribution >= 0.6 is 45.2 Å². The van der Waals surface area contributed by atoms with Gasteiger partial charge in [0.05, 0.1) is 0 Å². The summed E-state index contributed by atoms with van der Waals surface area (Å²) in [4.78, 5) is 0. The summed E-state index contributed by atoms with van der Waals surface area (Å²) in [5.74, 6) is 0.713. The summed E-state index contributed by atoms with van der Waals surface area (Å²) in [6.45, 7) is 6.70. The first-order valence-electron chi connectivity index (χ1n) is 6.53. The van der Waals surface area contributed by atoms with Gasteiger partial charge in [-0.25, -0.2) is 0 Å². The number of halogens is 2. The molecule has 0 amide bonds. The van der Waals surface area contributed by atoms with E-state index in [1.54, 1.807) is 0 Å². The van der Waals surface area contributed by atoms with Gasteiger partial charge in [0.15, 0.2) is 0 Å². The molecule has 19 heavy (non-hydrogen) atoms. The number of hydrogen-bond acceptors (Lipinski definition) is 0. The Kier molecular flexibility index (Phi) is 5.29. The van der Waals surface area contributed by atoms with Crippen LogP contribution in [0.25, 0.3) is 11.1 Å². The van der Waals surface area contributed by atoms with E-state index in [1.807, 2.05) is 0 Å². The Morgan fingerprint density at radius 2 is 1.58 bits per heavy atom. The van der Waals surface area contributed by atoms with Crippen molar-refractivity contribution in [1.29, 1.82) is 0 Å². The van der Waals surface area contributed by atoms with Crippen LogP contribution in [-0.2, 0) is 6.42 Å². The second kappa shape index (κ2) is 6.57. The van der Waals surface area contributed by atoms with E-state index in [0.717, 1.165) is 6.42 Å². The zero-order valence-electron chi connectivity index (χ0n) is 11.5. The molecule has 0 heterocycles. The SMILES string of the molecule is Cc1ccc(I)c(-c2ccc(CC(C)C)cc2)c1I. The lowest BCUT2D eigenvalue weighted by atomic mass is 9.98. The molecular formula is C17H18I2. The van der Waals surface area contributed by atoms with Gasteiger partial charge < -0.3 is 0 Å². The largest absolute Gasteiger partial charge is 0.0625 e. The van der Waals surface area contributed by atoms with Crippen molar-refractivity contribution in [2.24, 2.45) is 5.92 Å². The fraction of sp³-hybridized carbons (Fsp3) is 0.294. The third-order valence-electron chi connectivity index (χ3n) is 3.17.